The van der Waals surface area contributed by atoms with E-state index in [0.717, 1.165) is 56.3 Å². The Hall–Kier alpha value is -3.81. The van der Waals surface area contributed by atoms with Crippen molar-refractivity contribution in [3.8, 4) is 0 Å². The lowest BCUT2D eigenvalue weighted by Gasteiger charge is -2.28. The van der Waals surface area contributed by atoms with Crippen LogP contribution in [0.4, 0.5) is 0 Å². The van der Waals surface area contributed by atoms with Crippen molar-refractivity contribution in [2.45, 2.75) is 64.3 Å². The number of carbonyl (C=O) groups is 2. The van der Waals surface area contributed by atoms with Gasteiger partial charge in [0.2, 0.25) is 11.8 Å². The molecule has 8 nitrogen and oxygen atoms in total. The van der Waals surface area contributed by atoms with Gasteiger partial charge >= 0.3 is 0 Å². The molecule has 5 rings (SSSR count). The Bertz CT molecular complexity index is 1300. The maximum Gasteiger partial charge on any atom is 0.250 e. The highest BCUT2D eigenvalue weighted by Gasteiger charge is 2.29. The average molecular weight is 542 g/mol. The molecule has 2 atom stereocenters. The number of amides is 2. The fourth-order valence-corrected chi connectivity index (χ4v) is 6.20. The Kier molecular flexibility index (Phi) is 8.72. The second kappa shape index (κ2) is 12.6. The van der Waals surface area contributed by atoms with E-state index in [4.69, 9.17) is 10.7 Å². The van der Waals surface area contributed by atoms with Crippen LogP contribution in [0.2, 0.25) is 0 Å². The Morgan fingerprint density at radius 2 is 1.88 bits per heavy atom. The third-order valence-corrected chi connectivity index (χ3v) is 8.38. The Morgan fingerprint density at radius 1 is 1.07 bits per heavy atom. The van der Waals surface area contributed by atoms with Crippen LogP contribution in [0.1, 0.15) is 58.3 Å². The van der Waals surface area contributed by atoms with Gasteiger partial charge in [-0.25, -0.2) is 0 Å². The molecule has 0 aromatic carbocycles. The standard InChI is InChI=1S/C32H39N5O3/c1-2-15-37(21-26-7-3-4-8-28(26)35-40)32(39)27-18-25-14-13-24(19-29(25)34-30(33)20-27)22-9-11-23(12-10-22)31(38)36-16-5-6-17-36/h3-4,8-9,11,13-14,18,26,29H,2,5-7,10,12,15-17,19-21H2,1H3,(H2,33,34). The Labute approximate surface area is 236 Å². The van der Waals surface area contributed by atoms with E-state index in [1.807, 2.05) is 41.0 Å². The topological polar surface area (TPSA) is 108 Å². The number of hydrogen-bond acceptors (Lipinski definition) is 6. The number of amidine groups is 1. The van der Waals surface area contributed by atoms with E-state index in [1.165, 1.54) is 11.1 Å². The predicted molar refractivity (Wildman–Crippen MR) is 158 cm³/mol. The number of carbonyl (C=O) groups excluding carboxylic acids is 2. The quantitative estimate of drug-likeness (QED) is 0.435. The molecule has 0 aromatic heterocycles. The summed E-state index contributed by atoms with van der Waals surface area (Å²) >= 11 is 0. The van der Waals surface area contributed by atoms with E-state index in [0.29, 0.717) is 49.5 Å². The lowest BCUT2D eigenvalue weighted by molar-refractivity contribution is -0.128. The molecule has 0 bridgehead atoms. The average Bonchev–Trinajstić information content (AvgIpc) is 3.46. The van der Waals surface area contributed by atoms with E-state index in [2.05, 4.69) is 23.4 Å². The van der Waals surface area contributed by atoms with Gasteiger partial charge in [0.05, 0.1) is 17.6 Å². The molecule has 40 heavy (non-hydrogen) atoms. The highest BCUT2D eigenvalue weighted by Crippen LogP contribution is 2.35. The zero-order valence-electron chi connectivity index (χ0n) is 23.3. The van der Waals surface area contributed by atoms with Crippen molar-refractivity contribution >= 4 is 17.6 Å². The normalized spacial score (nSPS) is 24.3. The molecule has 0 aromatic rings. The second-order valence-corrected chi connectivity index (χ2v) is 11.2. The minimum atomic E-state index is -0.139. The van der Waals surface area contributed by atoms with Crippen LogP contribution in [0.25, 0.3) is 0 Å². The van der Waals surface area contributed by atoms with Gasteiger partial charge in [0, 0.05) is 49.7 Å². The van der Waals surface area contributed by atoms with Crippen molar-refractivity contribution in [2.75, 3.05) is 26.2 Å². The van der Waals surface area contributed by atoms with Gasteiger partial charge in [-0.1, -0.05) is 43.4 Å². The molecule has 3 aliphatic carbocycles. The molecule has 0 spiro atoms. The number of nitrogens with two attached hydrogens (primary N) is 1. The molecule has 1 fully saturated rings. The smallest absolute Gasteiger partial charge is 0.250 e. The second-order valence-electron chi connectivity index (χ2n) is 11.2. The van der Waals surface area contributed by atoms with Crippen LogP contribution in [0.3, 0.4) is 0 Å². The van der Waals surface area contributed by atoms with Crippen molar-refractivity contribution in [1.29, 1.82) is 0 Å². The van der Waals surface area contributed by atoms with Crippen molar-refractivity contribution in [3.63, 3.8) is 0 Å². The number of hydrogen-bond donors (Lipinski definition) is 1. The number of rotatable bonds is 8. The molecule has 2 N–H and O–H groups in total. The van der Waals surface area contributed by atoms with E-state index >= 15 is 0 Å². The molecular formula is C32H39N5O3. The molecule has 0 radical (unpaired) electrons. The minimum Gasteiger partial charge on any atom is -0.387 e. The first kappa shape index (κ1) is 27.7. The van der Waals surface area contributed by atoms with E-state index in [-0.39, 0.29) is 23.8 Å². The Balaban J connectivity index is 1.33. The number of nitroso groups, excluding NO2 is 1. The summed E-state index contributed by atoms with van der Waals surface area (Å²) in [5.41, 5.74) is 11.8. The molecule has 210 valence electrons. The van der Waals surface area contributed by atoms with Gasteiger partial charge in [-0.2, -0.15) is 0 Å². The van der Waals surface area contributed by atoms with Gasteiger partial charge in [-0.15, -0.1) is 4.91 Å². The molecule has 1 saturated heterocycles. The van der Waals surface area contributed by atoms with Gasteiger partial charge in [0.15, 0.2) is 0 Å². The number of likely N-dealkylation sites (tertiary alicyclic amines) is 1. The van der Waals surface area contributed by atoms with Crippen LogP contribution >= 0.6 is 0 Å². The van der Waals surface area contributed by atoms with E-state index in [1.54, 1.807) is 6.08 Å². The minimum absolute atomic E-state index is 0.0635. The molecule has 8 heteroatoms. The molecule has 2 unspecified atom stereocenters. The van der Waals surface area contributed by atoms with Crippen LogP contribution < -0.4 is 5.73 Å². The van der Waals surface area contributed by atoms with Crippen molar-refractivity contribution in [2.24, 2.45) is 21.8 Å². The van der Waals surface area contributed by atoms with Crippen molar-refractivity contribution in [1.82, 2.24) is 9.80 Å². The zero-order chi connectivity index (χ0) is 28.1. The summed E-state index contributed by atoms with van der Waals surface area (Å²) in [5.74, 6) is 0.471. The predicted octanol–water partition coefficient (Wildman–Crippen LogP) is 5.03. The summed E-state index contributed by atoms with van der Waals surface area (Å²) in [4.78, 5) is 46.4. The molecular weight excluding hydrogens is 502 g/mol. The first-order valence-electron chi connectivity index (χ1n) is 14.6. The molecule has 0 saturated carbocycles. The molecule has 2 amide bonds. The Morgan fingerprint density at radius 3 is 2.60 bits per heavy atom. The van der Waals surface area contributed by atoms with Crippen molar-refractivity contribution < 1.29 is 9.59 Å². The fraction of sp³-hybridized carbons (Fsp3) is 0.469. The van der Waals surface area contributed by atoms with E-state index < -0.39 is 0 Å². The lowest BCUT2D eigenvalue weighted by atomic mass is 9.84. The van der Waals surface area contributed by atoms with Gasteiger partial charge in [-0.05, 0) is 79.0 Å². The number of nitrogens with zero attached hydrogens (tertiary/aromatic N) is 4. The number of allylic oxidation sites excluding steroid dienone is 8. The van der Waals surface area contributed by atoms with Gasteiger partial charge in [0.1, 0.15) is 0 Å². The van der Waals surface area contributed by atoms with Gasteiger partial charge in [-0.3, -0.25) is 14.6 Å². The third-order valence-electron chi connectivity index (χ3n) is 8.38. The third kappa shape index (κ3) is 6.16. The van der Waals surface area contributed by atoms with Crippen LogP contribution in [0.15, 0.2) is 92.3 Å². The largest absolute Gasteiger partial charge is 0.387 e. The zero-order valence-corrected chi connectivity index (χ0v) is 23.3. The van der Waals surface area contributed by atoms with Crippen LogP contribution in [-0.2, 0) is 9.59 Å². The molecule has 2 heterocycles. The van der Waals surface area contributed by atoms with Gasteiger partial charge < -0.3 is 15.5 Å². The van der Waals surface area contributed by atoms with Gasteiger partial charge in [0.25, 0.3) is 0 Å². The molecule has 5 aliphatic rings. The summed E-state index contributed by atoms with van der Waals surface area (Å²) in [6.45, 7) is 4.81. The summed E-state index contributed by atoms with van der Waals surface area (Å²) < 4.78 is 0. The summed E-state index contributed by atoms with van der Waals surface area (Å²) in [6, 6.07) is -0.139. The first-order valence-corrected chi connectivity index (χ1v) is 14.6. The highest BCUT2D eigenvalue weighted by atomic mass is 16.3. The first-order chi connectivity index (χ1) is 19.5. The fourth-order valence-electron chi connectivity index (χ4n) is 6.20. The summed E-state index contributed by atoms with van der Waals surface area (Å²) in [6.07, 6.45) is 22.1. The summed E-state index contributed by atoms with van der Waals surface area (Å²) in [5, 5.41) is 3.20. The van der Waals surface area contributed by atoms with Crippen LogP contribution in [0, 0.1) is 10.8 Å². The summed E-state index contributed by atoms with van der Waals surface area (Å²) in [7, 11) is 0. The van der Waals surface area contributed by atoms with E-state index in [9.17, 15) is 14.5 Å². The van der Waals surface area contributed by atoms with Crippen molar-refractivity contribution in [3.05, 3.63) is 87.1 Å². The highest BCUT2D eigenvalue weighted by molar-refractivity contribution is 6.00. The maximum absolute atomic E-state index is 13.7. The van der Waals surface area contributed by atoms with Crippen LogP contribution in [-0.4, -0.2) is 59.7 Å². The molecule has 2 aliphatic heterocycles. The SMILES string of the molecule is CCCN(CC1CC=CC=C1N=O)C(=O)C1=CC2=CC=C(C3=CC=C(C(=O)N4CCCC4)CC3)CC2N=C(N)C1. The monoisotopic (exact) mass is 541 g/mol. The van der Waals surface area contributed by atoms with Crippen LogP contribution in [0.5, 0.6) is 0 Å². The number of fused-ring (bicyclic) bond motifs is 1. The number of aliphatic imine (C=N–C) groups is 1. The lowest BCUT2D eigenvalue weighted by Crippen LogP contribution is -2.38. The maximum atomic E-state index is 13.7.